The van der Waals surface area contributed by atoms with Crippen LogP contribution in [0.2, 0.25) is 0 Å². The van der Waals surface area contributed by atoms with Crippen LogP contribution in [-0.4, -0.2) is 18.2 Å². The fourth-order valence-electron chi connectivity index (χ4n) is 1.58. The molecular weight excluding hydrogens is 192 g/mol. The summed E-state index contributed by atoms with van der Waals surface area (Å²) in [6.45, 7) is 1.99. The van der Waals surface area contributed by atoms with Crippen molar-refractivity contribution in [3.8, 4) is 5.75 Å². The van der Waals surface area contributed by atoms with Crippen molar-refractivity contribution in [2.24, 2.45) is 0 Å². The van der Waals surface area contributed by atoms with Gasteiger partial charge in [-0.2, -0.15) is 0 Å². The van der Waals surface area contributed by atoms with Crippen molar-refractivity contribution >= 4 is 5.97 Å². The van der Waals surface area contributed by atoms with E-state index in [2.05, 4.69) is 0 Å². The van der Waals surface area contributed by atoms with Crippen molar-refractivity contribution in [3.05, 3.63) is 29.3 Å². The van der Waals surface area contributed by atoms with E-state index in [1.807, 2.05) is 25.1 Å². The molecule has 0 unspecified atom stereocenters. The minimum atomic E-state index is -0.740. The molecule has 0 heterocycles. The smallest absolute Gasteiger partial charge is 0.303 e. The zero-order chi connectivity index (χ0) is 11.3. The van der Waals surface area contributed by atoms with Crippen LogP contribution in [0.25, 0.3) is 0 Å². The van der Waals surface area contributed by atoms with Crippen LogP contribution in [0.15, 0.2) is 18.2 Å². The highest BCUT2D eigenvalue weighted by Crippen LogP contribution is 2.22. The van der Waals surface area contributed by atoms with Gasteiger partial charge in [-0.15, -0.1) is 0 Å². The lowest BCUT2D eigenvalue weighted by atomic mass is 10.0. The first-order valence-corrected chi connectivity index (χ1v) is 4.99. The fraction of sp³-hybridized carbons (Fsp3) is 0.417. The van der Waals surface area contributed by atoms with Gasteiger partial charge in [0.15, 0.2) is 0 Å². The third-order valence-electron chi connectivity index (χ3n) is 2.45. The van der Waals surface area contributed by atoms with E-state index in [0.717, 1.165) is 23.3 Å². The Kier molecular flexibility index (Phi) is 4.16. The molecule has 1 aromatic rings. The van der Waals surface area contributed by atoms with Crippen molar-refractivity contribution in [2.75, 3.05) is 7.11 Å². The van der Waals surface area contributed by atoms with Crippen LogP contribution in [0.5, 0.6) is 5.75 Å². The van der Waals surface area contributed by atoms with E-state index >= 15 is 0 Å². The topological polar surface area (TPSA) is 46.5 Å². The van der Waals surface area contributed by atoms with Crippen LogP contribution in [0.3, 0.4) is 0 Å². The van der Waals surface area contributed by atoms with Gasteiger partial charge in [-0.05, 0) is 37.0 Å². The molecular formula is C12H16O3. The zero-order valence-electron chi connectivity index (χ0n) is 9.12. The van der Waals surface area contributed by atoms with E-state index < -0.39 is 5.97 Å². The second kappa shape index (κ2) is 5.39. The van der Waals surface area contributed by atoms with Crippen molar-refractivity contribution in [3.63, 3.8) is 0 Å². The second-order valence-corrected chi connectivity index (χ2v) is 3.49. The van der Waals surface area contributed by atoms with Crippen molar-refractivity contribution in [1.29, 1.82) is 0 Å². The number of aliphatic carboxylic acids is 1. The molecule has 82 valence electrons. The molecule has 0 amide bonds. The maximum Gasteiger partial charge on any atom is 0.303 e. The van der Waals surface area contributed by atoms with Crippen LogP contribution in [0, 0.1) is 6.92 Å². The molecule has 0 radical (unpaired) electrons. The molecule has 0 aliphatic heterocycles. The van der Waals surface area contributed by atoms with Gasteiger partial charge in [0.2, 0.25) is 0 Å². The summed E-state index contributed by atoms with van der Waals surface area (Å²) in [6, 6.07) is 5.86. The number of carbonyl (C=O) groups is 1. The Hall–Kier alpha value is -1.51. The van der Waals surface area contributed by atoms with E-state index in [0.29, 0.717) is 6.42 Å². The van der Waals surface area contributed by atoms with E-state index in [1.165, 1.54) is 0 Å². The predicted molar refractivity (Wildman–Crippen MR) is 58.3 cm³/mol. The Morgan fingerprint density at radius 1 is 1.47 bits per heavy atom. The molecule has 0 aromatic heterocycles. The highest BCUT2D eigenvalue weighted by molar-refractivity contribution is 5.66. The van der Waals surface area contributed by atoms with Crippen molar-refractivity contribution < 1.29 is 14.6 Å². The van der Waals surface area contributed by atoms with Crippen LogP contribution in [0.4, 0.5) is 0 Å². The molecule has 1 aromatic carbocycles. The van der Waals surface area contributed by atoms with E-state index in [1.54, 1.807) is 7.11 Å². The van der Waals surface area contributed by atoms with Crippen molar-refractivity contribution in [1.82, 2.24) is 0 Å². The van der Waals surface area contributed by atoms with Gasteiger partial charge in [-0.3, -0.25) is 4.79 Å². The van der Waals surface area contributed by atoms with Gasteiger partial charge in [0.1, 0.15) is 5.75 Å². The number of ether oxygens (including phenoxy) is 1. The summed E-state index contributed by atoms with van der Waals surface area (Å²) in [4.78, 5) is 10.4. The molecule has 1 rings (SSSR count). The van der Waals surface area contributed by atoms with Gasteiger partial charge in [-0.25, -0.2) is 0 Å². The summed E-state index contributed by atoms with van der Waals surface area (Å²) in [6.07, 6.45) is 1.68. The van der Waals surface area contributed by atoms with E-state index in [4.69, 9.17) is 9.84 Å². The molecule has 0 aliphatic carbocycles. The monoisotopic (exact) mass is 208 g/mol. The number of hydrogen-bond donors (Lipinski definition) is 1. The summed E-state index contributed by atoms with van der Waals surface area (Å²) < 4.78 is 5.20. The number of benzene rings is 1. The first kappa shape index (κ1) is 11.6. The Morgan fingerprint density at radius 3 is 2.80 bits per heavy atom. The number of aryl methyl sites for hydroxylation is 1. The number of methoxy groups -OCH3 is 1. The minimum absolute atomic E-state index is 0.219. The molecule has 0 aliphatic rings. The van der Waals surface area contributed by atoms with Gasteiger partial charge in [-0.1, -0.05) is 12.1 Å². The minimum Gasteiger partial charge on any atom is -0.496 e. The predicted octanol–water partition coefficient (Wildman–Crippen LogP) is 2.41. The van der Waals surface area contributed by atoms with Gasteiger partial charge in [0.25, 0.3) is 0 Å². The molecule has 0 bridgehead atoms. The molecule has 1 N–H and O–H groups in total. The van der Waals surface area contributed by atoms with E-state index in [9.17, 15) is 4.79 Å². The first-order chi connectivity index (χ1) is 7.15. The number of hydrogen-bond acceptors (Lipinski definition) is 2. The molecule has 0 fully saturated rings. The summed E-state index contributed by atoms with van der Waals surface area (Å²) in [5.74, 6) is 0.123. The highest BCUT2D eigenvalue weighted by Gasteiger charge is 2.04. The molecule has 0 saturated carbocycles. The van der Waals surface area contributed by atoms with Gasteiger partial charge in [0.05, 0.1) is 7.11 Å². The molecule has 3 nitrogen and oxygen atoms in total. The lowest BCUT2D eigenvalue weighted by molar-refractivity contribution is -0.137. The average molecular weight is 208 g/mol. The van der Waals surface area contributed by atoms with Crippen LogP contribution >= 0.6 is 0 Å². The molecule has 0 atom stereocenters. The Morgan fingerprint density at radius 2 is 2.20 bits per heavy atom. The maximum absolute atomic E-state index is 10.4. The second-order valence-electron chi connectivity index (χ2n) is 3.49. The molecule has 15 heavy (non-hydrogen) atoms. The summed E-state index contributed by atoms with van der Waals surface area (Å²) in [5, 5.41) is 8.54. The summed E-state index contributed by atoms with van der Waals surface area (Å²) >= 11 is 0. The van der Waals surface area contributed by atoms with Gasteiger partial charge < -0.3 is 9.84 Å². The first-order valence-electron chi connectivity index (χ1n) is 4.99. The summed E-state index contributed by atoms with van der Waals surface area (Å²) in [5.41, 5.74) is 2.26. The zero-order valence-corrected chi connectivity index (χ0v) is 9.12. The van der Waals surface area contributed by atoms with Crippen LogP contribution < -0.4 is 4.74 Å². The number of carboxylic acids is 1. The lowest BCUT2D eigenvalue weighted by Crippen LogP contribution is -1.98. The average Bonchev–Trinajstić information content (AvgIpc) is 2.20. The summed E-state index contributed by atoms with van der Waals surface area (Å²) in [7, 11) is 1.64. The van der Waals surface area contributed by atoms with Crippen LogP contribution in [-0.2, 0) is 11.2 Å². The quantitative estimate of drug-likeness (QED) is 0.808. The molecule has 0 saturated heterocycles. The number of carboxylic acid groups (broad SMARTS) is 1. The Labute approximate surface area is 89.7 Å². The maximum atomic E-state index is 10.4. The molecule has 3 heteroatoms. The fourth-order valence-corrected chi connectivity index (χ4v) is 1.58. The Bertz CT molecular complexity index is 345. The highest BCUT2D eigenvalue weighted by atomic mass is 16.5. The normalized spacial score (nSPS) is 10.0. The van der Waals surface area contributed by atoms with Gasteiger partial charge in [0, 0.05) is 6.42 Å². The SMILES string of the molecule is COc1cccc(CCCC(=O)O)c1C. The van der Waals surface area contributed by atoms with Gasteiger partial charge >= 0.3 is 5.97 Å². The largest absolute Gasteiger partial charge is 0.496 e. The lowest BCUT2D eigenvalue weighted by Gasteiger charge is -2.09. The van der Waals surface area contributed by atoms with E-state index in [-0.39, 0.29) is 6.42 Å². The molecule has 0 spiro atoms. The third-order valence-corrected chi connectivity index (χ3v) is 2.45. The number of rotatable bonds is 5. The van der Waals surface area contributed by atoms with Crippen molar-refractivity contribution in [2.45, 2.75) is 26.2 Å². The standard InChI is InChI=1S/C12H16O3/c1-9-10(6-4-8-12(13)14)5-3-7-11(9)15-2/h3,5,7H,4,6,8H2,1-2H3,(H,13,14). The van der Waals surface area contributed by atoms with Crippen LogP contribution in [0.1, 0.15) is 24.0 Å². The third kappa shape index (κ3) is 3.27. The Balaban J connectivity index is 2.64.